The molecular formula is C5H9NO. The Morgan fingerprint density at radius 3 is 2.57 bits per heavy atom. The maximum atomic E-state index is 10.4. The number of rotatable bonds is 0. The largest absolute Gasteiger partial charge is 0.327 e. The van der Waals surface area contributed by atoms with E-state index < -0.39 is 0 Å². The van der Waals surface area contributed by atoms with E-state index in [-0.39, 0.29) is 6.04 Å². The molecule has 0 aromatic heterocycles. The van der Waals surface area contributed by atoms with Crippen molar-refractivity contribution in [2.24, 2.45) is 5.73 Å². The predicted molar refractivity (Wildman–Crippen MR) is 26.8 cm³/mol. The van der Waals surface area contributed by atoms with E-state index in [9.17, 15) is 4.79 Å². The van der Waals surface area contributed by atoms with Crippen LogP contribution in [-0.4, -0.2) is 11.8 Å². The molecule has 0 bridgehead atoms. The van der Waals surface area contributed by atoms with Gasteiger partial charge in [0.1, 0.15) is 5.78 Å². The third kappa shape index (κ3) is 0.996. The van der Waals surface area contributed by atoms with Gasteiger partial charge in [0.25, 0.3) is 0 Å². The van der Waals surface area contributed by atoms with Gasteiger partial charge in [0.05, 0.1) is 0 Å². The molecular weight excluding hydrogens is 90.1 g/mol. The summed E-state index contributed by atoms with van der Waals surface area (Å²) in [5.41, 5.74) is 5.40. The summed E-state index contributed by atoms with van der Waals surface area (Å²) in [4.78, 5) is 10.4. The molecule has 1 aliphatic rings. The molecule has 1 aliphatic carbocycles. The van der Waals surface area contributed by atoms with Gasteiger partial charge in [-0.15, -0.1) is 0 Å². The highest BCUT2D eigenvalue weighted by molar-refractivity contribution is 5.81. The molecule has 0 saturated heterocycles. The summed E-state index contributed by atoms with van der Waals surface area (Å²) in [6, 6.07) is 0.174. The molecule has 0 spiro atoms. The Kier molecular flexibility index (Phi) is 1.11. The summed E-state index contributed by atoms with van der Waals surface area (Å²) < 4.78 is 0. The summed E-state index contributed by atoms with van der Waals surface area (Å²) in [5.74, 6) is 0.326. The minimum atomic E-state index is 0.174. The van der Waals surface area contributed by atoms with Crippen LogP contribution in [0.4, 0.5) is 0 Å². The van der Waals surface area contributed by atoms with E-state index in [0.717, 1.165) is 6.42 Å². The number of ketones is 1. The third-order valence-electron chi connectivity index (χ3n) is 1.28. The molecule has 1 atom stereocenters. The van der Waals surface area contributed by atoms with Crippen molar-refractivity contribution in [1.29, 1.82) is 0 Å². The molecule has 0 radical (unpaired) electrons. The number of hydrogen-bond acceptors (Lipinski definition) is 2. The number of nitrogens with two attached hydrogens (primary N) is 1. The topological polar surface area (TPSA) is 43.1 Å². The lowest BCUT2D eigenvalue weighted by Crippen LogP contribution is -2.14. The zero-order valence-corrected chi connectivity index (χ0v) is 4.18. The van der Waals surface area contributed by atoms with E-state index in [1.54, 1.807) is 0 Å². The van der Waals surface area contributed by atoms with Crippen LogP contribution in [0.1, 0.15) is 19.3 Å². The fourth-order valence-corrected chi connectivity index (χ4v) is 0.843. The molecule has 2 N–H and O–H groups in total. The normalized spacial score (nSPS) is 31.6. The first-order valence-corrected chi connectivity index (χ1v) is 2.56. The van der Waals surface area contributed by atoms with Crippen LogP contribution in [0.25, 0.3) is 0 Å². The summed E-state index contributed by atoms with van der Waals surface area (Å²) in [6.45, 7) is 0. The van der Waals surface area contributed by atoms with Gasteiger partial charge < -0.3 is 5.73 Å². The van der Waals surface area contributed by atoms with Crippen LogP contribution in [0, 0.1) is 0 Å². The van der Waals surface area contributed by atoms with Gasteiger partial charge in [-0.3, -0.25) is 4.79 Å². The second kappa shape index (κ2) is 1.62. The molecule has 40 valence electrons. The average Bonchev–Trinajstić information content (AvgIpc) is 1.87. The molecule has 0 heterocycles. The van der Waals surface area contributed by atoms with Crippen molar-refractivity contribution in [3.8, 4) is 0 Å². The fraction of sp³-hybridized carbons (Fsp3) is 0.800. The van der Waals surface area contributed by atoms with Crippen molar-refractivity contribution in [1.82, 2.24) is 0 Å². The van der Waals surface area contributed by atoms with E-state index in [4.69, 9.17) is 5.73 Å². The molecule has 7 heavy (non-hydrogen) atoms. The minimum absolute atomic E-state index is 0.174. The number of hydrogen-bond donors (Lipinski definition) is 1. The van der Waals surface area contributed by atoms with Crippen LogP contribution >= 0.6 is 0 Å². The van der Waals surface area contributed by atoms with Crippen LogP contribution < -0.4 is 5.73 Å². The van der Waals surface area contributed by atoms with Crippen molar-refractivity contribution >= 4 is 5.78 Å². The van der Waals surface area contributed by atoms with E-state index in [1.165, 1.54) is 0 Å². The molecule has 1 rings (SSSR count). The Labute approximate surface area is 42.7 Å². The molecule has 0 aliphatic heterocycles. The maximum Gasteiger partial charge on any atom is 0.134 e. The van der Waals surface area contributed by atoms with Gasteiger partial charge in [-0.2, -0.15) is 0 Å². The molecule has 2 heteroatoms. The van der Waals surface area contributed by atoms with E-state index >= 15 is 0 Å². The van der Waals surface area contributed by atoms with Crippen molar-refractivity contribution in [3.63, 3.8) is 0 Å². The molecule has 2 nitrogen and oxygen atoms in total. The monoisotopic (exact) mass is 99.1 g/mol. The number of carbonyl (C=O) groups is 1. The highest BCUT2D eigenvalue weighted by Crippen LogP contribution is 2.10. The van der Waals surface area contributed by atoms with Crippen LogP contribution in [0.5, 0.6) is 0 Å². The van der Waals surface area contributed by atoms with Gasteiger partial charge in [0, 0.05) is 18.9 Å². The average molecular weight is 99.1 g/mol. The fourth-order valence-electron chi connectivity index (χ4n) is 0.843. The predicted octanol–water partition coefficient (Wildman–Crippen LogP) is 0.0667. The Morgan fingerprint density at radius 1 is 1.71 bits per heavy atom. The Balaban J connectivity index is 2.40. The van der Waals surface area contributed by atoms with Crippen molar-refractivity contribution in [2.45, 2.75) is 25.3 Å². The first-order chi connectivity index (χ1) is 3.29. The highest BCUT2D eigenvalue weighted by atomic mass is 16.1. The Morgan fingerprint density at radius 2 is 2.43 bits per heavy atom. The van der Waals surface area contributed by atoms with Gasteiger partial charge in [0.15, 0.2) is 0 Å². The SMILES string of the molecule is N[C@@H]1CCC(=O)C1. The van der Waals surface area contributed by atoms with Crippen molar-refractivity contribution < 1.29 is 4.79 Å². The standard InChI is InChI=1S/C5H9NO/c6-4-1-2-5(7)3-4/h4H,1-3,6H2/t4-/m1/s1. The van der Waals surface area contributed by atoms with Crippen molar-refractivity contribution in [3.05, 3.63) is 0 Å². The minimum Gasteiger partial charge on any atom is -0.327 e. The van der Waals surface area contributed by atoms with Crippen LogP contribution in [0.15, 0.2) is 0 Å². The lowest BCUT2D eigenvalue weighted by atomic mass is 10.3. The van der Waals surface area contributed by atoms with E-state index in [2.05, 4.69) is 0 Å². The number of carbonyl (C=O) groups excluding carboxylic acids is 1. The lowest BCUT2D eigenvalue weighted by Gasteiger charge is -1.91. The second-order valence-corrected chi connectivity index (χ2v) is 2.04. The molecule has 0 amide bonds. The Hall–Kier alpha value is -0.370. The second-order valence-electron chi connectivity index (χ2n) is 2.04. The Bertz CT molecular complexity index is 90.1. The van der Waals surface area contributed by atoms with Gasteiger partial charge in [0.2, 0.25) is 0 Å². The van der Waals surface area contributed by atoms with Crippen LogP contribution in [0.3, 0.4) is 0 Å². The summed E-state index contributed by atoms with van der Waals surface area (Å²) >= 11 is 0. The van der Waals surface area contributed by atoms with E-state index in [1.807, 2.05) is 0 Å². The van der Waals surface area contributed by atoms with E-state index in [0.29, 0.717) is 18.6 Å². The van der Waals surface area contributed by atoms with Gasteiger partial charge in [-0.1, -0.05) is 0 Å². The summed E-state index contributed by atoms with van der Waals surface area (Å²) in [7, 11) is 0. The molecule has 1 fully saturated rings. The van der Waals surface area contributed by atoms with Crippen LogP contribution in [0.2, 0.25) is 0 Å². The first kappa shape index (κ1) is 4.78. The lowest BCUT2D eigenvalue weighted by molar-refractivity contribution is -0.117. The quantitative estimate of drug-likeness (QED) is 0.467. The third-order valence-corrected chi connectivity index (χ3v) is 1.28. The summed E-state index contributed by atoms with van der Waals surface area (Å²) in [5, 5.41) is 0. The highest BCUT2D eigenvalue weighted by Gasteiger charge is 2.17. The van der Waals surface area contributed by atoms with Crippen LogP contribution in [-0.2, 0) is 4.79 Å². The van der Waals surface area contributed by atoms with Gasteiger partial charge >= 0.3 is 0 Å². The molecule has 0 unspecified atom stereocenters. The molecule has 0 aromatic rings. The first-order valence-electron chi connectivity index (χ1n) is 2.56. The number of Topliss-reactive ketones (excluding diaryl/α,β-unsaturated/α-hetero) is 1. The summed E-state index contributed by atoms with van der Waals surface area (Å²) in [6.07, 6.45) is 2.22. The molecule has 0 aromatic carbocycles. The molecule has 1 saturated carbocycles. The van der Waals surface area contributed by atoms with Gasteiger partial charge in [-0.25, -0.2) is 0 Å². The van der Waals surface area contributed by atoms with Crippen molar-refractivity contribution in [2.75, 3.05) is 0 Å². The maximum absolute atomic E-state index is 10.4. The van der Waals surface area contributed by atoms with Gasteiger partial charge in [-0.05, 0) is 6.42 Å². The zero-order chi connectivity index (χ0) is 5.28. The zero-order valence-electron chi connectivity index (χ0n) is 4.18. The smallest absolute Gasteiger partial charge is 0.134 e.